The van der Waals surface area contributed by atoms with Crippen LogP contribution < -0.4 is 5.73 Å². The Bertz CT molecular complexity index is 453. The first-order valence-electron chi connectivity index (χ1n) is 7.61. The molecule has 2 aliphatic carbocycles. The van der Waals surface area contributed by atoms with E-state index in [9.17, 15) is 0 Å². The van der Waals surface area contributed by atoms with Crippen LogP contribution in [-0.2, 0) is 0 Å². The molecule has 0 saturated heterocycles. The normalized spacial score (nSPS) is 24.4. The van der Waals surface area contributed by atoms with Gasteiger partial charge in [0, 0.05) is 5.71 Å². The largest absolute Gasteiger partial charge is 0.320 e. The lowest BCUT2D eigenvalue weighted by Gasteiger charge is -2.22. The zero-order valence-electron chi connectivity index (χ0n) is 11.8. The molecule has 0 aliphatic heterocycles. The fourth-order valence-corrected chi connectivity index (χ4v) is 3.25. The molecule has 102 valence electrons. The quantitative estimate of drug-likeness (QED) is 0.816. The average molecular weight is 256 g/mol. The van der Waals surface area contributed by atoms with Crippen molar-refractivity contribution in [3.63, 3.8) is 0 Å². The maximum atomic E-state index is 6.47. The molecular weight excluding hydrogens is 232 g/mol. The molecular formula is C17H24N2. The average Bonchev–Trinajstić information content (AvgIpc) is 2.97. The van der Waals surface area contributed by atoms with Crippen LogP contribution in [0.3, 0.4) is 0 Å². The summed E-state index contributed by atoms with van der Waals surface area (Å²) in [5, 5.41) is 0. The lowest BCUT2D eigenvalue weighted by molar-refractivity contribution is 0.660. The predicted molar refractivity (Wildman–Crippen MR) is 80.4 cm³/mol. The molecule has 2 N–H and O–H groups in total. The Morgan fingerprint density at radius 1 is 1.21 bits per heavy atom. The molecule has 0 radical (unpaired) electrons. The summed E-state index contributed by atoms with van der Waals surface area (Å²) in [7, 11) is 0. The molecule has 19 heavy (non-hydrogen) atoms. The number of aliphatic imine (C=N–C) groups is 1. The van der Waals surface area contributed by atoms with Crippen LogP contribution in [0.15, 0.2) is 35.3 Å². The second-order valence-electron chi connectivity index (χ2n) is 6.24. The highest BCUT2D eigenvalue weighted by Crippen LogP contribution is 2.41. The molecule has 2 nitrogen and oxygen atoms in total. The van der Waals surface area contributed by atoms with E-state index >= 15 is 0 Å². The molecule has 0 aromatic heterocycles. The summed E-state index contributed by atoms with van der Waals surface area (Å²) in [4.78, 5) is 5.05. The highest BCUT2D eigenvalue weighted by Gasteiger charge is 2.46. The number of rotatable bonds is 4. The number of benzene rings is 1. The van der Waals surface area contributed by atoms with Gasteiger partial charge in [-0.25, -0.2) is 0 Å². The van der Waals surface area contributed by atoms with Crippen molar-refractivity contribution < 1.29 is 0 Å². The van der Waals surface area contributed by atoms with Crippen LogP contribution >= 0.6 is 0 Å². The molecule has 0 bridgehead atoms. The summed E-state index contributed by atoms with van der Waals surface area (Å²) < 4.78 is 0. The highest BCUT2D eigenvalue weighted by molar-refractivity contribution is 5.98. The van der Waals surface area contributed by atoms with Crippen molar-refractivity contribution >= 4 is 5.71 Å². The number of hydrogen-bond donors (Lipinski definition) is 1. The molecule has 2 saturated carbocycles. The van der Waals surface area contributed by atoms with Gasteiger partial charge in [0.1, 0.15) is 0 Å². The van der Waals surface area contributed by atoms with Gasteiger partial charge < -0.3 is 5.73 Å². The SMILES string of the molecule is CC(N=C(C1CCCC1)C1(N)CC1)c1ccccc1. The van der Waals surface area contributed by atoms with Gasteiger partial charge in [-0.05, 0) is 44.1 Å². The molecule has 3 rings (SSSR count). The molecule has 1 atom stereocenters. The van der Waals surface area contributed by atoms with E-state index in [0.717, 1.165) is 12.8 Å². The predicted octanol–water partition coefficient (Wildman–Crippen LogP) is 3.87. The molecule has 2 heteroatoms. The monoisotopic (exact) mass is 256 g/mol. The Balaban J connectivity index is 1.84. The van der Waals surface area contributed by atoms with Crippen molar-refractivity contribution in [3.8, 4) is 0 Å². The van der Waals surface area contributed by atoms with Crippen molar-refractivity contribution in [2.75, 3.05) is 0 Å². The van der Waals surface area contributed by atoms with Crippen LogP contribution in [0, 0.1) is 5.92 Å². The zero-order chi connectivity index (χ0) is 13.3. The van der Waals surface area contributed by atoms with Gasteiger partial charge in [0.15, 0.2) is 0 Å². The van der Waals surface area contributed by atoms with Gasteiger partial charge in [-0.1, -0.05) is 43.2 Å². The van der Waals surface area contributed by atoms with Gasteiger partial charge >= 0.3 is 0 Å². The Labute approximate surface area is 116 Å². The topological polar surface area (TPSA) is 38.4 Å². The van der Waals surface area contributed by atoms with Gasteiger partial charge in [-0.2, -0.15) is 0 Å². The van der Waals surface area contributed by atoms with Gasteiger partial charge in [0.05, 0.1) is 11.6 Å². The van der Waals surface area contributed by atoms with E-state index < -0.39 is 0 Å². The minimum Gasteiger partial charge on any atom is -0.320 e. The van der Waals surface area contributed by atoms with Crippen LogP contribution in [0.4, 0.5) is 0 Å². The van der Waals surface area contributed by atoms with E-state index in [1.54, 1.807) is 0 Å². The third-order valence-electron chi connectivity index (χ3n) is 4.66. The summed E-state index contributed by atoms with van der Waals surface area (Å²) in [6, 6.07) is 10.8. The van der Waals surface area contributed by atoms with Crippen LogP contribution in [0.25, 0.3) is 0 Å². The lowest BCUT2D eigenvalue weighted by atomic mass is 9.93. The van der Waals surface area contributed by atoms with Crippen LogP contribution in [0.1, 0.15) is 57.1 Å². The van der Waals surface area contributed by atoms with Gasteiger partial charge in [-0.15, -0.1) is 0 Å². The smallest absolute Gasteiger partial charge is 0.0721 e. The Morgan fingerprint density at radius 2 is 1.84 bits per heavy atom. The summed E-state index contributed by atoms with van der Waals surface area (Å²) in [5.74, 6) is 0.652. The first-order chi connectivity index (χ1) is 9.19. The molecule has 0 heterocycles. The molecule has 0 amide bonds. The maximum Gasteiger partial charge on any atom is 0.0721 e. The lowest BCUT2D eigenvalue weighted by Crippen LogP contribution is -2.37. The summed E-state index contributed by atoms with van der Waals surface area (Å²) in [6.45, 7) is 2.19. The van der Waals surface area contributed by atoms with E-state index in [0.29, 0.717) is 5.92 Å². The van der Waals surface area contributed by atoms with Gasteiger partial charge in [-0.3, -0.25) is 4.99 Å². The van der Waals surface area contributed by atoms with Crippen molar-refractivity contribution in [3.05, 3.63) is 35.9 Å². The first kappa shape index (κ1) is 12.9. The summed E-state index contributed by atoms with van der Waals surface area (Å²) >= 11 is 0. The first-order valence-corrected chi connectivity index (χ1v) is 7.61. The van der Waals surface area contributed by atoms with E-state index in [2.05, 4.69) is 37.3 Å². The third-order valence-corrected chi connectivity index (χ3v) is 4.66. The van der Waals surface area contributed by atoms with Crippen molar-refractivity contribution in [2.24, 2.45) is 16.6 Å². The minimum atomic E-state index is -0.0575. The van der Waals surface area contributed by atoms with Crippen LogP contribution in [0.5, 0.6) is 0 Å². The Kier molecular flexibility index (Phi) is 3.44. The van der Waals surface area contributed by atoms with Gasteiger partial charge in [0.2, 0.25) is 0 Å². The maximum absolute atomic E-state index is 6.47. The molecule has 1 unspecified atom stereocenters. The summed E-state index contributed by atoms with van der Waals surface area (Å²) in [6.07, 6.45) is 7.53. The summed E-state index contributed by atoms with van der Waals surface area (Å²) in [5.41, 5.74) is 9.02. The van der Waals surface area contributed by atoms with Gasteiger partial charge in [0.25, 0.3) is 0 Å². The van der Waals surface area contributed by atoms with E-state index in [-0.39, 0.29) is 11.6 Å². The van der Waals surface area contributed by atoms with E-state index in [1.165, 1.54) is 37.0 Å². The highest BCUT2D eigenvalue weighted by atomic mass is 14.9. The van der Waals surface area contributed by atoms with Crippen molar-refractivity contribution in [1.82, 2.24) is 0 Å². The fraction of sp³-hybridized carbons (Fsp3) is 0.588. The standard InChI is InChI=1S/C17H24N2/c1-13(14-7-3-2-4-8-14)19-16(17(18)11-12-17)15-9-5-6-10-15/h2-4,7-8,13,15H,5-6,9-12,18H2,1H3. The minimum absolute atomic E-state index is 0.0575. The third kappa shape index (κ3) is 2.74. The molecule has 2 fully saturated rings. The molecule has 2 aliphatic rings. The second-order valence-corrected chi connectivity index (χ2v) is 6.24. The second kappa shape index (κ2) is 5.09. The number of nitrogens with zero attached hydrogens (tertiary/aromatic N) is 1. The Morgan fingerprint density at radius 3 is 2.42 bits per heavy atom. The number of nitrogens with two attached hydrogens (primary N) is 1. The Hall–Kier alpha value is -1.15. The number of hydrogen-bond acceptors (Lipinski definition) is 2. The van der Waals surface area contributed by atoms with Crippen LogP contribution in [-0.4, -0.2) is 11.3 Å². The zero-order valence-corrected chi connectivity index (χ0v) is 11.8. The van der Waals surface area contributed by atoms with Crippen LogP contribution in [0.2, 0.25) is 0 Å². The van der Waals surface area contributed by atoms with E-state index in [1.807, 2.05) is 0 Å². The van der Waals surface area contributed by atoms with Crippen molar-refractivity contribution in [2.45, 2.75) is 57.0 Å². The fourth-order valence-electron chi connectivity index (χ4n) is 3.25. The van der Waals surface area contributed by atoms with Crippen molar-refractivity contribution in [1.29, 1.82) is 0 Å². The van der Waals surface area contributed by atoms with E-state index in [4.69, 9.17) is 10.7 Å². The molecule has 1 aromatic rings. The molecule has 1 aromatic carbocycles. The molecule has 0 spiro atoms.